The topological polar surface area (TPSA) is 97.6 Å². The summed E-state index contributed by atoms with van der Waals surface area (Å²) in [7, 11) is 1.54. The van der Waals surface area contributed by atoms with Gasteiger partial charge in [-0.1, -0.05) is 12.1 Å². The first-order valence-electron chi connectivity index (χ1n) is 10.3. The van der Waals surface area contributed by atoms with Crippen molar-refractivity contribution in [1.82, 2.24) is 0 Å². The van der Waals surface area contributed by atoms with Crippen molar-refractivity contribution >= 4 is 34.2 Å². The van der Waals surface area contributed by atoms with E-state index in [1.807, 2.05) is 0 Å². The molecule has 3 aromatic carbocycles. The van der Waals surface area contributed by atoms with E-state index in [4.69, 9.17) is 9.15 Å². The Bertz CT molecular complexity index is 1370. The highest BCUT2D eigenvalue weighted by Gasteiger charge is 2.09. The first kappa shape index (κ1) is 21.8. The fourth-order valence-electron chi connectivity index (χ4n) is 3.42. The Morgan fingerprint density at radius 3 is 2.21 bits per heavy atom. The van der Waals surface area contributed by atoms with Gasteiger partial charge < -0.3 is 19.8 Å². The summed E-state index contributed by atoms with van der Waals surface area (Å²) in [6.07, 6.45) is 0.200. The monoisotopic (exact) mass is 442 g/mol. The van der Waals surface area contributed by atoms with Crippen LogP contribution in [0.15, 0.2) is 82.0 Å². The van der Waals surface area contributed by atoms with E-state index < -0.39 is 0 Å². The molecule has 1 aromatic heterocycles. The number of methoxy groups -OCH3 is 1. The van der Waals surface area contributed by atoms with Crippen LogP contribution >= 0.6 is 0 Å². The van der Waals surface area contributed by atoms with E-state index in [-0.39, 0.29) is 23.7 Å². The normalized spacial score (nSPS) is 10.6. The minimum absolute atomic E-state index is 0.146. The van der Waals surface area contributed by atoms with Crippen LogP contribution < -0.4 is 20.8 Å². The second-order valence-electron chi connectivity index (χ2n) is 7.52. The van der Waals surface area contributed by atoms with Crippen LogP contribution in [0.1, 0.15) is 12.5 Å². The molecule has 0 unspecified atom stereocenters. The predicted molar refractivity (Wildman–Crippen MR) is 128 cm³/mol. The molecule has 7 nitrogen and oxygen atoms in total. The van der Waals surface area contributed by atoms with Gasteiger partial charge in [-0.3, -0.25) is 14.4 Å². The Balaban J connectivity index is 1.44. The lowest BCUT2D eigenvalue weighted by atomic mass is 10.1. The average Bonchev–Trinajstić information content (AvgIpc) is 2.80. The molecule has 4 aromatic rings. The van der Waals surface area contributed by atoms with Crippen LogP contribution in [0.5, 0.6) is 5.75 Å². The van der Waals surface area contributed by atoms with Crippen LogP contribution in [0.3, 0.4) is 0 Å². The number of ether oxygens (including phenoxy) is 1. The quantitative estimate of drug-likeness (QED) is 0.455. The summed E-state index contributed by atoms with van der Waals surface area (Å²) in [6, 6.07) is 20.7. The number of carbonyl (C=O) groups is 2. The van der Waals surface area contributed by atoms with Gasteiger partial charge in [-0.25, -0.2) is 0 Å². The second kappa shape index (κ2) is 9.40. The van der Waals surface area contributed by atoms with E-state index >= 15 is 0 Å². The molecule has 2 N–H and O–H groups in total. The molecule has 4 rings (SSSR count). The minimum Gasteiger partial charge on any atom is -0.497 e. The maximum atomic E-state index is 12.5. The number of amides is 2. The van der Waals surface area contributed by atoms with Gasteiger partial charge >= 0.3 is 0 Å². The third-order valence-corrected chi connectivity index (χ3v) is 5.03. The van der Waals surface area contributed by atoms with E-state index in [0.29, 0.717) is 33.9 Å². The first-order chi connectivity index (χ1) is 15.9. The lowest BCUT2D eigenvalue weighted by Gasteiger charge is -2.08. The van der Waals surface area contributed by atoms with Crippen molar-refractivity contribution in [1.29, 1.82) is 0 Å². The van der Waals surface area contributed by atoms with Crippen molar-refractivity contribution in [2.75, 3.05) is 17.7 Å². The van der Waals surface area contributed by atoms with Crippen molar-refractivity contribution in [3.63, 3.8) is 0 Å². The van der Waals surface area contributed by atoms with Crippen LogP contribution in [-0.4, -0.2) is 18.9 Å². The van der Waals surface area contributed by atoms with Crippen LogP contribution in [0.2, 0.25) is 0 Å². The number of rotatable bonds is 6. The number of benzene rings is 3. The van der Waals surface area contributed by atoms with E-state index in [0.717, 1.165) is 11.1 Å². The van der Waals surface area contributed by atoms with Gasteiger partial charge in [0.1, 0.15) is 17.1 Å². The molecule has 1 heterocycles. The summed E-state index contributed by atoms with van der Waals surface area (Å²) in [5, 5.41) is 6.00. The Morgan fingerprint density at radius 2 is 1.55 bits per heavy atom. The van der Waals surface area contributed by atoms with E-state index in [1.54, 1.807) is 73.8 Å². The van der Waals surface area contributed by atoms with Crippen molar-refractivity contribution in [2.45, 2.75) is 13.3 Å². The maximum absolute atomic E-state index is 12.5. The van der Waals surface area contributed by atoms with E-state index in [1.165, 1.54) is 13.0 Å². The van der Waals surface area contributed by atoms with E-state index in [2.05, 4.69) is 10.6 Å². The molecule has 0 spiro atoms. The molecule has 0 bridgehead atoms. The van der Waals surface area contributed by atoms with Crippen molar-refractivity contribution in [2.24, 2.45) is 0 Å². The molecule has 2 amide bonds. The zero-order chi connectivity index (χ0) is 23.4. The first-order valence-corrected chi connectivity index (χ1v) is 10.3. The third-order valence-electron chi connectivity index (χ3n) is 5.03. The number of carbonyl (C=O) groups excluding carboxylic acids is 2. The molecule has 0 fully saturated rings. The number of hydrogen-bond acceptors (Lipinski definition) is 5. The molecule has 7 heteroatoms. The fourth-order valence-corrected chi connectivity index (χ4v) is 3.42. The molecule has 0 aliphatic rings. The fraction of sp³-hybridized carbons (Fsp3) is 0.115. The Morgan fingerprint density at radius 1 is 0.879 bits per heavy atom. The third kappa shape index (κ3) is 5.27. The summed E-state index contributed by atoms with van der Waals surface area (Å²) < 4.78 is 11.1. The van der Waals surface area contributed by atoms with Crippen LogP contribution in [0.25, 0.3) is 22.3 Å². The van der Waals surface area contributed by atoms with Crippen LogP contribution in [0.4, 0.5) is 11.4 Å². The van der Waals surface area contributed by atoms with Gasteiger partial charge in [-0.2, -0.15) is 0 Å². The molecule has 0 radical (unpaired) electrons. The van der Waals surface area contributed by atoms with Gasteiger partial charge in [0, 0.05) is 29.9 Å². The molecule has 166 valence electrons. The largest absolute Gasteiger partial charge is 0.497 e. The summed E-state index contributed by atoms with van der Waals surface area (Å²) in [5.41, 5.74) is 3.17. The standard InChI is InChI=1S/C26H22N2O5/c1-16(29)27-19-7-3-17(4-8-19)13-26(31)28-20-9-5-18(6-10-20)25-15-23(30)22-14-21(32-2)11-12-24(22)33-25/h3-12,14-15H,13H2,1-2H3,(H,27,29)(H,28,31). The molecular formula is C26H22N2O5. The van der Waals surface area contributed by atoms with Gasteiger partial charge in [-0.15, -0.1) is 0 Å². The van der Waals surface area contributed by atoms with Gasteiger partial charge in [0.05, 0.1) is 18.9 Å². The maximum Gasteiger partial charge on any atom is 0.228 e. The highest BCUT2D eigenvalue weighted by atomic mass is 16.5. The molecule has 0 saturated heterocycles. The van der Waals surface area contributed by atoms with Crippen LogP contribution in [-0.2, 0) is 16.0 Å². The predicted octanol–water partition coefficient (Wildman–Crippen LogP) is 4.61. The van der Waals surface area contributed by atoms with Crippen molar-refractivity contribution in [3.05, 3.63) is 88.6 Å². The van der Waals surface area contributed by atoms with Gasteiger partial charge in [-0.05, 0) is 60.2 Å². The van der Waals surface area contributed by atoms with Crippen molar-refractivity contribution in [3.8, 4) is 17.1 Å². The lowest BCUT2D eigenvalue weighted by molar-refractivity contribution is -0.116. The Labute approximate surface area is 190 Å². The minimum atomic E-state index is -0.166. The molecule has 0 aliphatic heterocycles. The molecule has 0 atom stereocenters. The second-order valence-corrected chi connectivity index (χ2v) is 7.52. The summed E-state index contributed by atoms with van der Waals surface area (Å²) >= 11 is 0. The smallest absolute Gasteiger partial charge is 0.228 e. The SMILES string of the molecule is COc1ccc2oc(-c3ccc(NC(=O)Cc4ccc(NC(C)=O)cc4)cc3)cc(=O)c2c1. The van der Waals surface area contributed by atoms with Gasteiger partial charge in [0.2, 0.25) is 11.8 Å². The number of nitrogens with one attached hydrogen (secondary N) is 2. The van der Waals surface area contributed by atoms with E-state index in [9.17, 15) is 14.4 Å². The highest BCUT2D eigenvalue weighted by molar-refractivity contribution is 5.93. The molecule has 0 saturated carbocycles. The van der Waals surface area contributed by atoms with Gasteiger partial charge in [0.15, 0.2) is 5.43 Å². The summed E-state index contributed by atoms with van der Waals surface area (Å²) in [5.74, 6) is 0.717. The summed E-state index contributed by atoms with van der Waals surface area (Å²) in [6.45, 7) is 1.44. The Hall–Kier alpha value is -4.39. The molecular weight excluding hydrogens is 420 g/mol. The number of fused-ring (bicyclic) bond motifs is 1. The lowest BCUT2D eigenvalue weighted by Crippen LogP contribution is -2.14. The zero-order valence-corrected chi connectivity index (χ0v) is 18.2. The number of hydrogen-bond donors (Lipinski definition) is 2. The van der Waals surface area contributed by atoms with Gasteiger partial charge in [0.25, 0.3) is 0 Å². The Kier molecular flexibility index (Phi) is 6.22. The van der Waals surface area contributed by atoms with Crippen LogP contribution in [0, 0.1) is 0 Å². The molecule has 33 heavy (non-hydrogen) atoms. The molecule has 0 aliphatic carbocycles. The summed E-state index contributed by atoms with van der Waals surface area (Å²) in [4.78, 5) is 36.0. The average molecular weight is 442 g/mol. The highest BCUT2D eigenvalue weighted by Crippen LogP contribution is 2.25. The van der Waals surface area contributed by atoms with Crippen molar-refractivity contribution < 1.29 is 18.7 Å². The zero-order valence-electron chi connectivity index (χ0n) is 18.2. The number of anilines is 2.